The molecular weight excluding hydrogens is 444 g/mol. The van der Waals surface area contributed by atoms with Crippen LogP contribution in [0.3, 0.4) is 0 Å². The summed E-state index contributed by atoms with van der Waals surface area (Å²) in [7, 11) is 0. The molecule has 1 fully saturated rings. The van der Waals surface area contributed by atoms with Crippen molar-refractivity contribution in [1.82, 2.24) is 19.9 Å². The van der Waals surface area contributed by atoms with Crippen LogP contribution in [-0.2, 0) is 11.4 Å². The minimum absolute atomic E-state index is 0.0563. The first-order valence-electron chi connectivity index (χ1n) is 12.3. The summed E-state index contributed by atoms with van der Waals surface area (Å²) < 4.78 is 11.4. The molecule has 0 spiro atoms. The van der Waals surface area contributed by atoms with Gasteiger partial charge in [-0.3, -0.25) is 14.5 Å². The average molecular weight is 479 g/mol. The molecule has 0 atom stereocenters. The van der Waals surface area contributed by atoms with E-state index in [2.05, 4.69) is 10.1 Å². The number of aryl methyl sites for hydroxylation is 2. The van der Waals surface area contributed by atoms with E-state index in [4.69, 9.17) is 9.26 Å². The van der Waals surface area contributed by atoms with Gasteiger partial charge in [-0.1, -0.05) is 29.4 Å². The molecular formula is C27H34N4O4. The SMILES string of the molecule is CCN(CC)C(=O)CN1CCN(C(=O)c2cc3ccccc3cc2OCc2c(C)noc2C)CC1. The highest BCUT2D eigenvalue weighted by atomic mass is 16.5. The highest BCUT2D eigenvalue weighted by Gasteiger charge is 2.26. The van der Waals surface area contributed by atoms with Gasteiger partial charge in [0.2, 0.25) is 5.91 Å². The fourth-order valence-electron chi connectivity index (χ4n) is 4.51. The Morgan fingerprint density at radius 3 is 2.29 bits per heavy atom. The number of hydrogen-bond donors (Lipinski definition) is 0. The molecule has 2 amide bonds. The third-order valence-corrected chi connectivity index (χ3v) is 6.77. The van der Waals surface area contributed by atoms with Gasteiger partial charge in [0, 0.05) is 39.3 Å². The maximum Gasteiger partial charge on any atom is 0.257 e. The molecule has 0 bridgehead atoms. The highest BCUT2D eigenvalue weighted by Crippen LogP contribution is 2.29. The zero-order valence-corrected chi connectivity index (χ0v) is 21.0. The first-order chi connectivity index (χ1) is 16.9. The van der Waals surface area contributed by atoms with E-state index in [0.717, 1.165) is 22.0 Å². The number of carbonyl (C=O) groups excluding carboxylic acids is 2. The highest BCUT2D eigenvalue weighted by molar-refractivity contribution is 6.01. The minimum atomic E-state index is -0.0563. The van der Waals surface area contributed by atoms with Gasteiger partial charge in [-0.2, -0.15) is 0 Å². The second kappa shape index (κ2) is 10.9. The van der Waals surface area contributed by atoms with E-state index in [1.54, 1.807) is 0 Å². The molecule has 0 N–H and O–H groups in total. The fraction of sp³-hybridized carbons (Fsp3) is 0.444. The molecule has 8 heteroatoms. The molecule has 1 aliphatic rings. The monoisotopic (exact) mass is 478 g/mol. The minimum Gasteiger partial charge on any atom is -0.488 e. The summed E-state index contributed by atoms with van der Waals surface area (Å²) in [5.74, 6) is 1.35. The van der Waals surface area contributed by atoms with Crippen molar-refractivity contribution in [3.63, 3.8) is 0 Å². The predicted molar refractivity (Wildman–Crippen MR) is 135 cm³/mol. The zero-order valence-electron chi connectivity index (χ0n) is 21.0. The normalized spacial score (nSPS) is 14.3. The third kappa shape index (κ3) is 5.48. The largest absolute Gasteiger partial charge is 0.488 e. The van der Waals surface area contributed by atoms with Gasteiger partial charge in [0.25, 0.3) is 5.91 Å². The van der Waals surface area contributed by atoms with Gasteiger partial charge in [-0.05, 0) is 50.6 Å². The molecule has 3 aromatic rings. The second-order valence-corrected chi connectivity index (χ2v) is 8.92. The van der Waals surface area contributed by atoms with Crippen molar-refractivity contribution in [3.05, 3.63) is 59.0 Å². The topological polar surface area (TPSA) is 79.1 Å². The van der Waals surface area contributed by atoms with Crippen LogP contribution >= 0.6 is 0 Å². The summed E-state index contributed by atoms with van der Waals surface area (Å²) in [6.45, 7) is 12.3. The van der Waals surface area contributed by atoms with Gasteiger partial charge in [0.05, 0.1) is 23.4 Å². The molecule has 0 unspecified atom stereocenters. The number of rotatable bonds is 8. The van der Waals surface area contributed by atoms with Crippen LogP contribution in [0.5, 0.6) is 5.75 Å². The van der Waals surface area contributed by atoms with Crippen LogP contribution in [0.25, 0.3) is 10.8 Å². The summed E-state index contributed by atoms with van der Waals surface area (Å²) in [4.78, 5) is 31.9. The maximum atomic E-state index is 13.6. The Labute approximate surface area is 206 Å². The van der Waals surface area contributed by atoms with E-state index in [0.29, 0.717) is 62.9 Å². The summed E-state index contributed by atoms with van der Waals surface area (Å²) in [5.41, 5.74) is 2.22. The molecule has 35 heavy (non-hydrogen) atoms. The van der Waals surface area contributed by atoms with Gasteiger partial charge in [0.1, 0.15) is 18.1 Å². The molecule has 2 aromatic carbocycles. The van der Waals surface area contributed by atoms with Crippen molar-refractivity contribution >= 4 is 22.6 Å². The molecule has 0 saturated carbocycles. The van der Waals surface area contributed by atoms with Gasteiger partial charge in [0.15, 0.2) is 0 Å². The molecule has 1 saturated heterocycles. The zero-order chi connectivity index (χ0) is 24.9. The van der Waals surface area contributed by atoms with Crippen LogP contribution in [0.1, 0.15) is 41.2 Å². The smallest absolute Gasteiger partial charge is 0.257 e. The molecule has 2 heterocycles. The number of nitrogens with zero attached hydrogens (tertiary/aromatic N) is 4. The number of carbonyl (C=O) groups is 2. The molecule has 0 aliphatic carbocycles. The van der Waals surface area contributed by atoms with Crippen molar-refractivity contribution in [2.75, 3.05) is 45.8 Å². The van der Waals surface area contributed by atoms with Crippen molar-refractivity contribution in [1.29, 1.82) is 0 Å². The number of aromatic nitrogens is 1. The third-order valence-electron chi connectivity index (χ3n) is 6.77. The molecule has 1 aromatic heterocycles. The Balaban J connectivity index is 1.50. The number of hydrogen-bond acceptors (Lipinski definition) is 6. The van der Waals surface area contributed by atoms with Crippen LogP contribution in [-0.4, -0.2) is 77.5 Å². The lowest BCUT2D eigenvalue weighted by molar-refractivity contribution is -0.132. The van der Waals surface area contributed by atoms with Gasteiger partial charge >= 0.3 is 0 Å². The Bertz CT molecular complexity index is 1170. The van der Waals surface area contributed by atoms with E-state index in [1.165, 1.54) is 0 Å². The number of amides is 2. The van der Waals surface area contributed by atoms with E-state index < -0.39 is 0 Å². The van der Waals surface area contributed by atoms with Gasteiger partial charge < -0.3 is 19.1 Å². The lowest BCUT2D eigenvalue weighted by atomic mass is 10.0. The standard InChI is InChI=1S/C27H34N4O4/c1-5-30(6-2)26(32)17-29-11-13-31(14-12-29)27(33)23-15-21-9-7-8-10-22(21)16-25(23)34-18-24-19(3)28-35-20(24)4/h7-10,15-16H,5-6,11-14,17-18H2,1-4H3. The second-order valence-electron chi connectivity index (χ2n) is 8.92. The number of piperazine rings is 1. The van der Waals surface area contributed by atoms with Crippen LogP contribution in [0.2, 0.25) is 0 Å². The van der Waals surface area contributed by atoms with Crippen molar-refractivity contribution in [2.24, 2.45) is 0 Å². The average Bonchev–Trinajstić information content (AvgIpc) is 3.19. The molecule has 0 radical (unpaired) electrons. The summed E-state index contributed by atoms with van der Waals surface area (Å²) in [6.07, 6.45) is 0. The number of likely N-dealkylation sites (N-methyl/N-ethyl adjacent to an activating group) is 1. The van der Waals surface area contributed by atoms with Crippen LogP contribution < -0.4 is 4.74 Å². The number of benzene rings is 2. The summed E-state index contributed by atoms with van der Waals surface area (Å²) in [5, 5.41) is 6.00. The van der Waals surface area contributed by atoms with Crippen LogP contribution in [0.4, 0.5) is 0 Å². The summed E-state index contributed by atoms with van der Waals surface area (Å²) >= 11 is 0. The molecule has 1 aliphatic heterocycles. The van der Waals surface area contributed by atoms with E-state index in [9.17, 15) is 9.59 Å². The van der Waals surface area contributed by atoms with Gasteiger partial charge in [-0.15, -0.1) is 0 Å². The predicted octanol–water partition coefficient (Wildman–Crippen LogP) is 3.65. The first kappa shape index (κ1) is 24.7. The number of fused-ring (bicyclic) bond motifs is 1. The Morgan fingerprint density at radius 1 is 1.03 bits per heavy atom. The summed E-state index contributed by atoms with van der Waals surface area (Å²) in [6, 6.07) is 11.8. The van der Waals surface area contributed by atoms with Gasteiger partial charge in [-0.25, -0.2) is 0 Å². The molecule has 8 nitrogen and oxygen atoms in total. The van der Waals surface area contributed by atoms with Crippen LogP contribution in [0.15, 0.2) is 40.9 Å². The first-order valence-corrected chi connectivity index (χ1v) is 12.3. The lowest BCUT2D eigenvalue weighted by Crippen LogP contribution is -2.51. The Morgan fingerprint density at radius 2 is 1.69 bits per heavy atom. The van der Waals surface area contributed by atoms with E-state index in [1.807, 2.05) is 73.9 Å². The van der Waals surface area contributed by atoms with Crippen molar-refractivity contribution in [2.45, 2.75) is 34.3 Å². The van der Waals surface area contributed by atoms with Crippen LogP contribution in [0, 0.1) is 13.8 Å². The van der Waals surface area contributed by atoms with Crippen molar-refractivity contribution < 1.29 is 18.8 Å². The maximum absolute atomic E-state index is 13.6. The Kier molecular flexibility index (Phi) is 7.70. The lowest BCUT2D eigenvalue weighted by Gasteiger charge is -2.35. The molecule has 186 valence electrons. The molecule has 4 rings (SSSR count). The van der Waals surface area contributed by atoms with Crippen molar-refractivity contribution in [3.8, 4) is 5.75 Å². The quantitative estimate of drug-likeness (QED) is 0.492. The van der Waals surface area contributed by atoms with E-state index >= 15 is 0 Å². The Hall–Kier alpha value is -3.39. The van der Waals surface area contributed by atoms with E-state index in [-0.39, 0.29) is 18.4 Å². The fourth-order valence-corrected chi connectivity index (χ4v) is 4.51. The number of ether oxygens (including phenoxy) is 1.